The van der Waals surface area contributed by atoms with Crippen molar-refractivity contribution >= 4 is 11.6 Å². The minimum Gasteiger partial charge on any atom is -0.494 e. The summed E-state index contributed by atoms with van der Waals surface area (Å²) in [7, 11) is 1.48. The number of ketones is 2. The van der Waals surface area contributed by atoms with E-state index in [1.165, 1.54) is 13.3 Å². The van der Waals surface area contributed by atoms with Crippen LogP contribution in [0.25, 0.3) is 0 Å². The fourth-order valence-electron chi connectivity index (χ4n) is 2.47. The summed E-state index contributed by atoms with van der Waals surface area (Å²) < 4.78 is 16.0. The number of nitrogens with zero attached hydrogens (tertiary/aromatic N) is 1. The molecule has 0 bridgehead atoms. The van der Waals surface area contributed by atoms with E-state index in [2.05, 4.69) is 4.98 Å². The Bertz CT molecular complexity index is 772. The van der Waals surface area contributed by atoms with E-state index in [4.69, 9.17) is 14.2 Å². The lowest BCUT2D eigenvalue weighted by Gasteiger charge is -2.18. The number of carbonyl (C=O) groups is 2. The van der Waals surface area contributed by atoms with Gasteiger partial charge in [0, 0.05) is 24.6 Å². The maximum Gasteiger partial charge on any atom is 0.185 e. The first kappa shape index (κ1) is 16.0. The van der Waals surface area contributed by atoms with Crippen LogP contribution in [0.4, 0.5) is 0 Å². The highest BCUT2D eigenvalue weighted by Gasteiger charge is 2.18. The van der Waals surface area contributed by atoms with Crippen LogP contribution >= 0.6 is 0 Å². The molecular weight excluding hydrogens is 310 g/mol. The Hall–Kier alpha value is -2.89. The Morgan fingerprint density at radius 3 is 2.62 bits per heavy atom. The van der Waals surface area contributed by atoms with Crippen molar-refractivity contribution in [1.82, 2.24) is 4.98 Å². The largest absolute Gasteiger partial charge is 0.494 e. The van der Waals surface area contributed by atoms with Gasteiger partial charge < -0.3 is 14.2 Å². The molecular formula is C18H17NO5. The molecule has 24 heavy (non-hydrogen) atoms. The minimum absolute atomic E-state index is 0.0701. The number of benzene rings is 1. The second-order valence-electron chi connectivity index (χ2n) is 5.26. The molecule has 0 saturated carbocycles. The maximum atomic E-state index is 12.3. The van der Waals surface area contributed by atoms with Crippen LogP contribution in [0.5, 0.6) is 17.2 Å². The maximum absolute atomic E-state index is 12.3. The molecule has 1 aromatic carbocycles. The zero-order valence-electron chi connectivity index (χ0n) is 13.3. The van der Waals surface area contributed by atoms with Crippen LogP contribution in [-0.2, 0) is 0 Å². The van der Waals surface area contributed by atoms with Crippen molar-refractivity contribution in [1.29, 1.82) is 0 Å². The summed E-state index contributed by atoms with van der Waals surface area (Å²) in [6.07, 6.45) is 1.69. The van der Waals surface area contributed by atoms with Crippen molar-refractivity contribution in [2.24, 2.45) is 0 Å². The number of rotatable bonds is 6. The van der Waals surface area contributed by atoms with E-state index in [0.717, 1.165) is 0 Å². The van der Waals surface area contributed by atoms with Crippen LogP contribution in [-0.4, -0.2) is 36.9 Å². The topological polar surface area (TPSA) is 74.7 Å². The number of hydrogen-bond acceptors (Lipinski definition) is 6. The molecule has 2 heterocycles. The molecule has 0 fully saturated rings. The van der Waals surface area contributed by atoms with Gasteiger partial charge in [0.2, 0.25) is 0 Å². The molecule has 1 aliphatic heterocycles. The monoisotopic (exact) mass is 327 g/mol. The van der Waals surface area contributed by atoms with Gasteiger partial charge in [-0.2, -0.15) is 0 Å². The summed E-state index contributed by atoms with van der Waals surface area (Å²) in [5.41, 5.74) is 0.745. The first-order valence-corrected chi connectivity index (χ1v) is 7.64. The van der Waals surface area contributed by atoms with Gasteiger partial charge in [0.15, 0.2) is 23.1 Å². The van der Waals surface area contributed by atoms with E-state index in [1.807, 2.05) is 0 Å². The molecule has 0 atom stereocenters. The molecule has 0 amide bonds. The number of pyridine rings is 1. The second kappa shape index (κ2) is 7.12. The highest BCUT2D eigenvalue weighted by atomic mass is 16.6. The molecule has 0 saturated heterocycles. The average Bonchev–Trinajstić information content (AvgIpc) is 2.65. The van der Waals surface area contributed by atoms with E-state index < -0.39 is 0 Å². The van der Waals surface area contributed by atoms with Crippen molar-refractivity contribution in [3.05, 3.63) is 47.8 Å². The summed E-state index contributed by atoms with van der Waals surface area (Å²) in [4.78, 5) is 28.6. The van der Waals surface area contributed by atoms with E-state index >= 15 is 0 Å². The first-order valence-electron chi connectivity index (χ1n) is 7.64. The van der Waals surface area contributed by atoms with Crippen molar-refractivity contribution in [2.45, 2.75) is 12.8 Å². The van der Waals surface area contributed by atoms with Gasteiger partial charge in [-0.1, -0.05) is 0 Å². The highest BCUT2D eigenvalue weighted by Crippen LogP contribution is 2.31. The zero-order chi connectivity index (χ0) is 16.9. The van der Waals surface area contributed by atoms with Gasteiger partial charge in [0.05, 0.1) is 7.11 Å². The summed E-state index contributed by atoms with van der Waals surface area (Å²) in [6.45, 7) is 0.962. The number of methoxy groups -OCH3 is 1. The van der Waals surface area contributed by atoms with E-state index in [1.54, 1.807) is 30.3 Å². The van der Waals surface area contributed by atoms with Gasteiger partial charge in [0.1, 0.15) is 24.7 Å². The SMILES string of the molecule is COc1cccnc1C(=O)CCC(=O)c1ccc2c(c1)OCCO2. The molecule has 3 rings (SSSR count). The van der Waals surface area contributed by atoms with E-state index in [9.17, 15) is 9.59 Å². The number of aromatic nitrogens is 1. The van der Waals surface area contributed by atoms with Gasteiger partial charge >= 0.3 is 0 Å². The molecule has 124 valence electrons. The molecule has 0 radical (unpaired) electrons. The van der Waals surface area contributed by atoms with Crippen molar-refractivity contribution < 1.29 is 23.8 Å². The fraction of sp³-hybridized carbons (Fsp3) is 0.278. The summed E-state index contributed by atoms with van der Waals surface area (Å²) >= 11 is 0. The molecule has 6 heteroatoms. The predicted molar refractivity (Wildman–Crippen MR) is 86.1 cm³/mol. The van der Waals surface area contributed by atoms with Crippen LogP contribution in [0, 0.1) is 0 Å². The van der Waals surface area contributed by atoms with E-state index in [-0.39, 0.29) is 30.1 Å². The number of fused-ring (bicyclic) bond motifs is 1. The van der Waals surface area contributed by atoms with Crippen LogP contribution in [0.15, 0.2) is 36.5 Å². The van der Waals surface area contributed by atoms with Crippen LogP contribution in [0.3, 0.4) is 0 Å². The van der Waals surface area contributed by atoms with Gasteiger partial charge in [-0.3, -0.25) is 9.59 Å². The lowest BCUT2D eigenvalue weighted by molar-refractivity contribution is 0.0912. The molecule has 1 aromatic heterocycles. The minimum atomic E-state index is -0.224. The first-order chi connectivity index (χ1) is 11.7. The summed E-state index contributed by atoms with van der Waals surface area (Å²) in [5.74, 6) is 1.25. The molecule has 0 N–H and O–H groups in total. The third-order valence-electron chi connectivity index (χ3n) is 3.70. The fourth-order valence-corrected chi connectivity index (χ4v) is 2.47. The number of hydrogen-bond donors (Lipinski definition) is 0. The number of Topliss-reactive ketones (excluding diaryl/α,β-unsaturated/α-hetero) is 2. The molecule has 1 aliphatic rings. The predicted octanol–water partition coefficient (Wildman–Crippen LogP) is 2.71. The lowest BCUT2D eigenvalue weighted by atomic mass is 10.0. The Balaban J connectivity index is 1.66. The van der Waals surface area contributed by atoms with Gasteiger partial charge in [-0.05, 0) is 30.3 Å². The Kier molecular flexibility index (Phi) is 4.74. The average molecular weight is 327 g/mol. The van der Waals surface area contributed by atoms with Gasteiger partial charge in [-0.25, -0.2) is 4.98 Å². The van der Waals surface area contributed by atoms with E-state index in [0.29, 0.717) is 36.0 Å². The third kappa shape index (κ3) is 3.37. The third-order valence-corrected chi connectivity index (χ3v) is 3.70. The summed E-state index contributed by atoms with van der Waals surface area (Å²) in [5, 5.41) is 0. The number of carbonyl (C=O) groups excluding carboxylic acids is 2. The van der Waals surface area contributed by atoms with Gasteiger partial charge in [-0.15, -0.1) is 0 Å². The Labute approximate surface area is 139 Å². The standard InChI is InChI=1S/C18H17NO5/c1-22-16-3-2-8-19-18(16)14(21)6-5-13(20)12-4-7-15-17(11-12)24-10-9-23-15/h2-4,7-8,11H,5-6,9-10H2,1H3. The normalized spacial score (nSPS) is 12.5. The zero-order valence-corrected chi connectivity index (χ0v) is 13.3. The van der Waals surface area contributed by atoms with Crippen LogP contribution in [0.2, 0.25) is 0 Å². The Morgan fingerprint density at radius 1 is 1.08 bits per heavy atom. The molecule has 0 spiro atoms. The molecule has 0 aliphatic carbocycles. The second-order valence-corrected chi connectivity index (χ2v) is 5.26. The quantitative estimate of drug-likeness (QED) is 0.760. The van der Waals surface area contributed by atoms with Gasteiger partial charge in [0.25, 0.3) is 0 Å². The van der Waals surface area contributed by atoms with Crippen molar-refractivity contribution in [3.63, 3.8) is 0 Å². The smallest absolute Gasteiger partial charge is 0.185 e. The van der Waals surface area contributed by atoms with Crippen LogP contribution in [0.1, 0.15) is 33.7 Å². The van der Waals surface area contributed by atoms with Crippen molar-refractivity contribution in [2.75, 3.05) is 20.3 Å². The Morgan fingerprint density at radius 2 is 1.83 bits per heavy atom. The lowest BCUT2D eigenvalue weighted by Crippen LogP contribution is -2.16. The summed E-state index contributed by atoms with van der Waals surface area (Å²) in [6, 6.07) is 8.41. The molecule has 2 aromatic rings. The van der Waals surface area contributed by atoms with Crippen molar-refractivity contribution in [3.8, 4) is 17.2 Å². The number of ether oxygens (including phenoxy) is 3. The molecule has 6 nitrogen and oxygen atoms in total. The van der Waals surface area contributed by atoms with Crippen LogP contribution < -0.4 is 14.2 Å². The highest BCUT2D eigenvalue weighted by molar-refractivity contribution is 6.02. The molecule has 0 unspecified atom stereocenters.